The zero-order valence-electron chi connectivity index (χ0n) is 21.3. The average molecular weight is 548 g/mol. The summed E-state index contributed by atoms with van der Waals surface area (Å²) in [7, 11) is 1.26. The molecule has 0 unspecified atom stereocenters. The quantitative estimate of drug-likeness (QED) is 0.249. The van der Waals surface area contributed by atoms with E-state index in [1.165, 1.54) is 19.3 Å². The van der Waals surface area contributed by atoms with Gasteiger partial charge in [-0.1, -0.05) is 48.0 Å². The topological polar surface area (TPSA) is 118 Å². The minimum Gasteiger partial charge on any atom is -0.465 e. The third kappa shape index (κ3) is 6.63. The molecule has 1 aliphatic heterocycles. The summed E-state index contributed by atoms with van der Waals surface area (Å²) in [5.41, 5.74) is 2.27. The lowest BCUT2D eigenvalue weighted by Gasteiger charge is -2.17. The van der Waals surface area contributed by atoms with Crippen LogP contribution in [0.3, 0.4) is 0 Å². The highest BCUT2D eigenvalue weighted by molar-refractivity contribution is 6.39. The lowest BCUT2D eigenvalue weighted by atomic mass is 10.1. The highest BCUT2D eigenvalue weighted by Gasteiger charge is 2.37. The Hall–Kier alpha value is -4.63. The van der Waals surface area contributed by atoms with Crippen molar-refractivity contribution in [2.75, 3.05) is 19.0 Å². The van der Waals surface area contributed by atoms with Gasteiger partial charge >= 0.3 is 17.8 Å². The SMILES string of the molecule is COC(=O)C1=C(C)N(CCc2ccccc2)C(=O)/C1=C/c1ccc(CNC(=O)C(=O)Nc2cccc(Cl)c2)o1. The number of furan rings is 1. The molecule has 0 bridgehead atoms. The third-order valence-corrected chi connectivity index (χ3v) is 6.28. The van der Waals surface area contributed by atoms with Crippen LogP contribution in [0.5, 0.6) is 0 Å². The summed E-state index contributed by atoms with van der Waals surface area (Å²) in [5, 5.41) is 5.36. The van der Waals surface area contributed by atoms with Crippen LogP contribution in [0.25, 0.3) is 6.08 Å². The summed E-state index contributed by atoms with van der Waals surface area (Å²) in [5.74, 6) is -2.05. The van der Waals surface area contributed by atoms with Crippen LogP contribution in [0.1, 0.15) is 24.0 Å². The van der Waals surface area contributed by atoms with Crippen LogP contribution in [-0.2, 0) is 36.9 Å². The van der Waals surface area contributed by atoms with Gasteiger partial charge in [0, 0.05) is 23.0 Å². The van der Waals surface area contributed by atoms with Crippen molar-refractivity contribution in [3.63, 3.8) is 0 Å². The van der Waals surface area contributed by atoms with Crippen molar-refractivity contribution in [3.8, 4) is 0 Å². The number of ether oxygens (including phenoxy) is 1. The van der Waals surface area contributed by atoms with Gasteiger partial charge in [-0.05, 0) is 55.3 Å². The van der Waals surface area contributed by atoms with Crippen molar-refractivity contribution >= 4 is 47.1 Å². The van der Waals surface area contributed by atoms with E-state index in [9.17, 15) is 19.2 Å². The van der Waals surface area contributed by atoms with Crippen molar-refractivity contribution < 1.29 is 28.3 Å². The van der Waals surface area contributed by atoms with Gasteiger partial charge in [0.25, 0.3) is 5.91 Å². The normalized spacial score (nSPS) is 14.1. The first-order chi connectivity index (χ1) is 18.8. The van der Waals surface area contributed by atoms with E-state index in [-0.39, 0.29) is 23.6 Å². The molecule has 0 aliphatic carbocycles. The average Bonchev–Trinajstić information content (AvgIpc) is 3.47. The zero-order valence-corrected chi connectivity index (χ0v) is 22.1. The molecule has 0 saturated carbocycles. The van der Waals surface area contributed by atoms with Crippen LogP contribution in [0, 0.1) is 0 Å². The number of halogens is 1. The number of esters is 1. The molecule has 9 nitrogen and oxygen atoms in total. The monoisotopic (exact) mass is 547 g/mol. The summed E-state index contributed by atoms with van der Waals surface area (Å²) in [6, 6.07) is 19.3. The van der Waals surface area contributed by atoms with E-state index in [0.29, 0.717) is 40.9 Å². The molecule has 0 radical (unpaired) electrons. The minimum absolute atomic E-state index is 0.0686. The standard InChI is InChI=1S/C29H26ClN3O6/c1-18-25(29(37)38-2)24(28(36)33(18)14-13-19-7-4-3-5-8-19)16-22-11-12-23(39-22)17-31-26(34)27(35)32-21-10-6-9-20(30)15-21/h3-12,15-16H,13-14,17H2,1-2H3,(H,31,34)(H,32,35)/b24-16+. The molecule has 4 rings (SSSR count). The van der Waals surface area contributed by atoms with E-state index in [1.54, 1.807) is 42.2 Å². The van der Waals surface area contributed by atoms with Gasteiger partial charge in [0.05, 0.1) is 24.8 Å². The maximum absolute atomic E-state index is 13.3. The second-order valence-electron chi connectivity index (χ2n) is 8.65. The highest BCUT2D eigenvalue weighted by Crippen LogP contribution is 2.32. The molecule has 2 heterocycles. The van der Waals surface area contributed by atoms with Crippen LogP contribution in [-0.4, -0.2) is 42.2 Å². The molecule has 1 aliphatic rings. The second-order valence-corrected chi connectivity index (χ2v) is 9.09. The molecule has 0 saturated heterocycles. The molecule has 3 aromatic rings. The number of hydrogen-bond acceptors (Lipinski definition) is 6. The van der Waals surface area contributed by atoms with Gasteiger partial charge in [-0.3, -0.25) is 14.4 Å². The van der Waals surface area contributed by atoms with Crippen LogP contribution < -0.4 is 10.6 Å². The van der Waals surface area contributed by atoms with Gasteiger partial charge < -0.3 is 24.7 Å². The summed E-state index contributed by atoms with van der Waals surface area (Å²) in [6.07, 6.45) is 2.08. The van der Waals surface area contributed by atoms with Gasteiger partial charge in [-0.2, -0.15) is 0 Å². The number of carbonyl (C=O) groups is 4. The Morgan fingerprint density at radius 2 is 1.79 bits per heavy atom. The first-order valence-electron chi connectivity index (χ1n) is 12.1. The summed E-state index contributed by atoms with van der Waals surface area (Å²) in [4.78, 5) is 51.8. The molecule has 0 atom stereocenters. The lowest BCUT2D eigenvalue weighted by molar-refractivity contribution is -0.136. The largest absolute Gasteiger partial charge is 0.465 e. The predicted octanol–water partition coefficient (Wildman–Crippen LogP) is 4.10. The Labute approximate surface area is 230 Å². The molecule has 2 N–H and O–H groups in total. The van der Waals surface area contributed by atoms with Gasteiger partial charge in [-0.25, -0.2) is 4.79 Å². The molecule has 200 valence electrons. The first-order valence-corrected chi connectivity index (χ1v) is 12.4. The zero-order chi connectivity index (χ0) is 27.9. The summed E-state index contributed by atoms with van der Waals surface area (Å²) >= 11 is 5.89. The van der Waals surface area contributed by atoms with E-state index < -0.39 is 17.8 Å². The number of amides is 3. The fourth-order valence-electron chi connectivity index (χ4n) is 4.09. The van der Waals surface area contributed by atoms with E-state index in [0.717, 1.165) is 5.56 Å². The van der Waals surface area contributed by atoms with Crippen LogP contribution in [0.2, 0.25) is 5.02 Å². The molecule has 39 heavy (non-hydrogen) atoms. The van der Waals surface area contributed by atoms with Crippen molar-refractivity contribution in [2.24, 2.45) is 0 Å². The molecular formula is C29H26ClN3O6. The van der Waals surface area contributed by atoms with Gasteiger partial charge in [0.15, 0.2) is 0 Å². The fourth-order valence-corrected chi connectivity index (χ4v) is 4.28. The number of benzene rings is 2. The van der Waals surface area contributed by atoms with E-state index >= 15 is 0 Å². The summed E-state index contributed by atoms with van der Waals surface area (Å²) in [6.45, 7) is 2.02. The van der Waals surface area contributed by atoms with Crippen LogP contribution in [0.4, 0.5) is 5.69 Å². The Kier molecular flexibility index (Phi) is 8.63. The number of nitrogens with zero attached hydrogens (tertiary/aromatic N) is 1. The predicted molar refractivity (Wildman–Crippen MR) is 145 cm³/mol. The van der Waals surface area contributed by atoms with Crippen LogP contribution in [0.15, 0.2) is 88.0 Å². The van der Waals surface area contributed by atoms with Gasteiger partial charge in [-0.15, -0.1) is 0 Å². The molecule has 0 fully saturated rings. The molecule has 10 heteroatoms. The fraction of sp³-hybridized carbons (Fsp3) is 0.172. The number of hydrogen-bond donors (Lipinski definition) is 2. The smallest absolute Gasteiger partial charge is 0.340 e. The second kappa shape index (κ2) is 12.3. The summed E-state index contributed by atoms with van der Waals surface area (Å²) < 4.78 is 10.7. The maximum Gasteiger partial charge on any atom is 0.340 e. The van der Waals surface area contributed by atoms with Gasteiger partial charge in [0.1, 0.15) is 11.5 Å². The molecular weight excluding hydrogens is 522 g/mol. The van der Waals surface area contributed by atoms with E-state index in [4.69, 9.17) is 20.8 Å². The Morgan fingerprint density at radius 3 is 2.51 bits per heavy atom. The Balaban J connectivity index is 1.43. The van der Waals surface area contributed by atoms with Crippen molar-refractivity contribution in [3.05, 3.63) is 106 Å². The van der Waals surface area contributed by atoms with Crippen LogP contribution >= 0.6 is 11.6 Å². The van der Waals surface area contributed by atoms with E-state index in [2.05, 4.69) is 10.6 Å². The lowest BCUT2D eigenvalue weighted by Crippen LogP contribution is -2.34. The molecule has 0 spiro atoms. The van der Waals surface area contributed by atoms with Crippen molar-refractivity contribution in [1.82, 2.24) is 10.2 Å². The number of anilines is 1. The number of carbonyl (C=O) groups excluding carboxylic acids is 4. The Bertz CT molecular complexity index is 1470. The molecule has 2 aromatic carbocycles. The minimum atomic E-state index is -0.863. The van der Waals surface area contributed by atoms with Crippen molar-refractivity contribution in [2.45, 2.75) is 19.9 Å². The number of methoxy groups -OCH3 is 1. The van der Waals surface area contributed by atoms with Crippen molar-refractivity contribution in [1.29, 1.82) is 0 Å². The number of allylic oxidation sites excluding steroid dienone is 1. The highest BCUT2D eigenvalue weighted by atomic mass is 35.5. The first kappa shape index (κ1) is 27.4. The third-order valence-electron chi connectivity index (χ3n) is 6.05. The molecule has 3 amide bonds. The van der Waals surface area contributed by atoms with Gasteiger partial charge in [0.2, 0.25) is 0 Å². The number of rotatable bonds is 8. The Morgan fingerprint density at radius 1 is 1.03 bits per heavy atom. The van der Waals surface area contributed by atoms with E-state index in [1.807, 2.05) is 30.3 Å². The maximum atomic E-state index is 13.3. The molecule has 1 aromatic heterocycles. The number of nitrogens with one attached hydrogen (secondary N) is 2.